The van der Waals surface area contributed by atoms with Crippen molar-refractivity contribution in [1.82, 2.24) is 10.2 Å². The molecule has 0 aliphatic carbocycles. The Hall–Kier alpha value is -0.570. The van der Waals surface area contributed by atoms with Crippen LogP contribution in [-0.2, 0) is 6.54 Å². The standard InChI is InChI=1S/C13H20N2.ClH/c1-11-3-5-13(6-4-11)10-15-8-7-14-9-12(15)2;/h3-6,12,14H,7-10H2,1-2H3;1H. The molecule has 1 N–H and O–H groups in total. The minimum absolute atomic E-state index is 0. The third-order valence-electron chi connectivity index (χ3n) is 3.15. The van der Waals surface area contributed by atoms with E-state index in [0.717, 1.165) is 26.2 Å². The molecule has 0 radical (unpaired) electrons. The summed E-state index contributed by atoms with van der Waals surface area (Å²) >= 11 is 0. The molecule has 0 bridgehead atoms. The summed E-state index contributed by atoms with van der Waals surface area (Å²) in [6.07, 6.45) is 0. The van der Waals surface area contributed by atoms with Gasteiger partial charge in [0, 0.05) is 32.2 Å². The highest BCUT2D eigenvalue weighted by Crippen LogP contribution is 2.10. The molecular weight excluding hydrogens is 220 g/mol. The van der Waals surface area contributed by atoms with Crippen LogP contribution in [0.5, 0.6) is 0 Å². The Balaban J connectivity index is 0.00000128. The van der Waals surface area contributed by atoms with Crippen LogP contribution in [0.25, 0.3) is 0 Å². The summed E-state index contributed by atoms with van der Waals surface area (Å²) in [6.45, 7) is 8.91. The lowest BCUT2D eigenvalue weighted by atomic mass is 10.1. The fourth-order valence-electron chi connectivity index (χ4n) is 2.05. The normalized spacial score (nSPS) is 21.5. The minimum atomic E-state index is 0. The van der Waals surface area contributed by atoms with Gasteiger partial charge < -0.3 is 5.32 Å². The Morgan fingerprint density at radius 2 is 2.00 bits per heavy atom. The van der Waals surface area contributed by atoms with Gasteiger partial charge in [0.25, 0.3) is 0 Å². The molecule has 2 nitrogen and oxygen atoms in total. The van der Waals surface area contributed by atoms with Crippen LogP contribution in [0.2, 0.25) is 0 Å². The van der Waals surface area contributed by atoms with Gasteiger partial charge in [0.2, 0.25) is 0 Å². The van der Waals surface area contributed by atoms with E-state index in [2.05, 4.69) is 48.3 Å². The summed E-state index contributed by atoms with van der Waals surface area (Å²) in [5, 5.41) is 3.42. The van der Waals surface area contributed by atoms with Gasteiger partial charge in [-0.05, 0) is 19.4 Å². The number of benzene rings is 1. The monoisotopic (exact) mass is 240 g/mol. The fraction of sp³-hybridized carbons (Fsp3) is 0.538. The van der Waals surface area contributed by atoms with E-state index in [-0.39, 0.29) is 12.4 Å². The lowest BCUT2D eigenvalue weighted by Crippen LogP contribution is -2.49. The van der Waals surface area contributed by atoms with E-state index in [4.69, 9.17) is 0 Å². The zero-order valence-corrected chi connectivity index (χ0v) is 10.9. The maximum atomic E-state index is 3.42. The van der Waals surface area contributed by atoms with Crippen molar-refractivity contribution >= 4 is 12.4 Å². The predicted molar refractivity (Wildman–Crippen MR) is 71.2 cm³/mol. The second-order valence-corrected chi connectivity index (χ2v) is 4.51. The van der Waals surface area contributed by atoms with Gasteiger partial charge in [-0.1, -0.05) is 29.8 Å². The highest BCUT2D eigenvalue weighted by Gasteiger charge is 2.17. The van der Waals surface area contributed by atoms with Gasteiger partial charge in [-0.15, -0.1) is 12.4 Å². The highest BCUT2D eigenvalue weighted by atomic mass is 35.5. The Bertz CT molecular complexity index is 310. The van der Waals surface area contributed by atoms with Crippen molar-refractivity contribution in [3.63, 3.8) is 0 Å². The molecule has 1 aromatic carbocycles. The van der Waals surface area contributed by atoms with Gasteiger partial charge in [0.15, 0.2) is 0 Å². The summed E-state index contributed by atoms with van der Waals surface area (Å²) in [5.74, 6) is 0. The maximum absolute atomic E-state index is 3.42. The molecule has 1 aromatic rings. The van der Waals surface area contributed by atoms with Gasteiger partial charge in [-0.3, -0.25) is 4.90 Å². The van der Waals surface area contributed by atoms with Gasteiger partial charge in [-0.2, -0.15) is 0 Å². The first kappa shape index (κ1) is 13.5. The molecule has 1 aliphatic heterocycles. The third-order valence-corrected chi connectivity index (χ3v) is 3.15. The molecule has 90 valence electrons. The molecule has 0 saturated carbocycles. The number of rotatable bonds is 2. The zero-order valence-electron chi connectivity index (χ0n) is 10.1. The third kappa shape index (κ3) is 3.48. The number of halogens is 1. The van der Waals surface area contributed by atoms with E-state index in [9.17, 15) is 0 Å². The van der Waals surface area contributed by atoms with E-state index < -0.39 is 0 Å². The van der Waals surface area contributed by atoms with Gasteiger partial charge in [0.05, 0.1) is 0 Å². The fourth-order valence-corrected chi connectivity index (χ4v) is 2.05. The summed E-state index contributed by atoms with van der Waals surface area (Å²) in [4.78, 5) is 2.54. The first-order chi connectivity index (χ1) is 7.25. The number of nitrogens with one attached hydrogen (secondary N) is 1. The Morgan fingerprint density at radius 1 is 1.31 bits per heavy atom. The lowest BCUT2D eigenvalue weighted by molar-refractivity contribution is 0.165. The predicted octanol–water partition coefficient (Wildman–Crippen LogP) is 2.21. The van der Waals surface area contributed by atoms with E-state index in [0.29, 0.717) is 6.04 Å². The van der Waals surface area contributed by atoms with Crippen molar-refractivity contribution in [2.75, 3.05) is 19.6 Å². The van der Waals surface area contributed by atoms with Crippen molar-refractivity contribution in [1.29, 1.82) is 0 Å². The SMILES string of the molecule is Cc1ccc(CN2CCNCC2C)cc1.Cl. The molecule has 3 heteroatoms. The maximum Gasteiger partial charge on any atom is 0.0237 e. The summed E-state index contributed by atoms with van der Waals surface area (Å²) in [5.41, 5.74) is 2.77. The van der Waals surface area contributed by atoms with Gasteiger partial charge in [0.1, 0.15) is 0 Å². The van der Waals surface area contributed by atoms with Crippen LogP contribution in [0.4, 0.5) is 0 Å². The van der Waals surface area contributed by atoms with Crippen molar-refractivity contribution in [2.45, 2.75) is 26.4 Å². The van der Waals surface area contributed by atoms with Gasteiger partial charge >= 0.3 is 0 Å². The lowest BCUT2D eigenvalue weighted by Gasteiger charge is -2.33. The van der Waals surface area contributed by atoms with Crippen LogP contribution in [0.1, 0.15) is 18.1 Å². The topological polar surface area (TPSA) is 15.3 Å². The minimum Gasteiger partial charge on any atom is -0.314 e. The van der Waals surface area contributed by atoms with E-state index in [1.54, 1.807) is 0 Å². The van der Waals surface area contributed by atoms with E-state index in [1.165, 1.54) is 11.1 Å². The van der Waals surface area contributed by atoms with Crippen LogP contribution < -0.4 is 5.32 Å². The Morgan fingerprint density at radius 3 is 2.62 bits per heavy atom. The second kappa shape index (κ2) is 6.24. The number of hydrogen-bond acceptors (Lipinski definition) is 2. The average molecular weight is 241 g/mol. The molecule has 0 aromatic heterocycles. The van der Waals surface area contributed by atoms with E-state index >= 15 is 0 Å². The molecule has 0 amide bonds. The van der Waals surface area contributed by atoms with Crippen molar-refractivity contribution < 1.29 is 0 Å². The summed E-state index contributed by atoms with van der Waals surface area (Å²) < 4.78 is 0. The van der Waals surface area contributed by atoms with Gasteiger partial charge in [-0.25, -0.2) is 0 Å². The Labute approximate surface area is 104 Å². The number of piperazine rings is 1. The second-order valence-electron chi connectivity index (χ2n) is 4.51. The first-order valence-electron chi connectivity index (χ1n) is 5.76. The summed E-state index contributed by atoms with van der Waals surface area (Å²) in [7, 11) is 0. The van der Waals surface area contributed by atoms with Crippen molar-refractivity contribution in [3.05, 3.63) is 35.4 Å². The molecule has 0 spiro atoms. The zero-order chi connectivity index (χ0) is 10.7. The quantitative estimate of drug-likeness (QED) is 0.853. The molecule has 16 heavy (non-hydrogen) atoms. The summed E-state index contributed by atoms with van der Waals surface area (Å²) in [6, 6.07) is 9.53. The van der Waals surface area contributed by atoms with E-state index in [1.807, 2.05) is 0 Å². The van der Waals surface area contributed by atoms with Crippen LogP contribution >= 0.6 is 12.4 Å². The molecule has 1 heterocycles. The van der Waals surface area contributed by atoms with Crippen LogP contribution in [-0.4, -0.2) is 30.6 Å². The molecule has 1 unspecified atom stereocenters. The molecule has 1 fully saturated rings. The number of nitrogens with zero attached hydrogens (tertiary/aromatic N) is 1. The largest absolute Gasteiger partial charge is 0.314 e. The number of aryl methyl sites for hydroxylation is 1. The van der Waals surface area contributed by atoms with Crippen molar-refractivity contribution in [2.24, 2.45) is 0 Å². The molecular formula is C13H21ClN2. The van der Waals surface area contributed by atoms with Crippen LogP contribution in [0.15, 0.2) is 24.3 Å². The smallest absolute Gasteiger partial charge is 0.0237 e. The average Bonchev–Trinajstić information content (AvgIpc) is 2.25. The molecule has 1 atom stereocenters. The highest BCUT2D eigenvalue weighted by molar-refractivity contribution is 5.85. The molecule has 2 rings (SSSR count). The Kier molecular flexibility index (Phi) is 5.26. The van der Waals surface area contributed by atoms with Crippen LogP contribution in [0, 0.1) is 6.92 Å². The van der Waals surface area contributed by atoms with Crippen molar-refractivity contribution in [3.8, 4) is 0 Å². The first-order valence-corrected chi connectivity index (χ1v) is 5.76. The molecule has 1 aliphatic rings. The number of hydrogen-bond donors (Lipinski definition) is 1. The van der Waals surface area contributed by atoms with Crippen LogP contribution in [0.3, 0.4) is 0 Å². The molecule has 1 saturated heterocycles.